The number of para-hydroxylation sites is 2. The largest absolute Gasteiger partial charge is 0.490 e. The summed E-state index contributed by atoms with van der Waals surface area (Å²) in [6, 6.07) is 31.2. The van der Waals surface area contributed by atoms with Crippen LogP contribution in [0.15, 0.2) is 97.1 Å². The Morgan fingerprint density at radius 3 is 1.26 bits per heavy atom. The van der Waals surface area contributed by atoms with Crippen molar-refractivity contribution in [3.8, 4) is 23.0 Å². The average Bonchev–Trinajstić information content (AvgIpc) is 3.18. The molecule has 0 aliphatic rings. The normalized spacial score (nSPS) is 12.2. The molecule has 0 saturated carbocycles. The number of carbonyl (C=O) groups is 2. The van der Waals surface area contributed by atoms with E-state index in [0.717, 1.165) is 71.2 Å². The third kappa shape index (κ3) is 11.9. The van der Waals surface area contributed by atoms with Gasteiger partial charge in [-0.1, -0.05) is 111 Å². The quantitative estimate of drug-likeness (QED) is 0.0394. The molecule has 2 atom stereocenters. The van der Waals surface area contributed by atoms with Gasteiger partial charge in [0, 0.05) is 34.4 Å². The van der Waals surface area contributed by atoms with Crippen molar-refractivity contribution in [1.29, 1.82) is 0 Å². The van der Waals surface area contributed by atoms with Gasteiger partial charge in [-0.25, -0.2) is 0 Å². The number of fused-ring (bicyclic) bond motifs is 2. The molecule has 0 N–H and O–H groups in total. The first kappa shape index (κ1) is 40.0. The summed E-state index contributed by atoms with van der Waals surface area (Å²) in [5.41, 5.74) is 2.09. The fourth-order valence-electron chi connectivity index (χ4n) is 6.21. The smallest absolute Gasteiger partial charge is 0.306 e. The molecule has 286 valence electrons. The number of hydrogen-bond acceptors (Lipinski definition) is 8. The number of benzene rings is 5. The molecular formula is C46H54O8. The Bertz CT molecular complexity index is 1780. The van der Waals surface area contributed by atoms with Crippen LogP contribution < -0.4 is 18.9 Å². The van der Waals surface area contributed by atoms with E-state index in [-0.39, 0.29) is 38.4 Å². The molecule has 0 spiro atoms. The predicted octanol–water partition coefficient (Wildman–Crippen LogP) is 10.5. The van der Waals surface area contributed by atoms with Crippen LogP contribution in [0.3, 0.4) is 0 Å². The number of unbranched alkanes of at least 4 members (excludes halogenated alkanes) is 4. The summed E-state index contributed by atoms with van der Waals surface area (Å²) in [7, 11) is 0. The van der Waals surface area contributed by atoms with Crippen LogP contribution in [0, 0.1) is 13.8 Å². The summed E-state index contributed by atoms with van der Waals surface area (Å²) in [5.74, 6) is 2.16. The number of ether oxygens (including phenoxy) is 6. The van der Waals surface area contributed by atoms with Crippen molar-refractivity contribution in [2.45, 2.75) is 91.3 Å². The van der Waals surface area contributed by atoms with Gasteiger partial charge in [0.1, 0.15) is 49.4 Å². The Morgan fingerprint density at radius 2 is 0.870 bits per heavy atom. The minimum absolute atomic E-state index is 0.0887. The lowest BCUT2D eigenvalue weighted by Gasteiger charge is -2.23. The number of aryl methyl sites for hydroxylation is 2. The summed E-state index contributed by atoms with van der Waals surface area (Å²) in [6.07, 6.45) is 4.90. The van der Waals surface area contributed by atoms with Gasteiger partial charge in [0.25, 0.3) is 0 Å². The van der Waals surface area contributed by atoms with Crippen LogP contribution >= 0.6 is 0 Å². The van der Waals surface area contributed by atoms with Gasteiger partial charge in [-0.15, -0.1) is 0 Å². The molecule has 8 heteroatoms. The topological polar surface area (TPSA) is 89.5 Å². The van der Waals surface area contributed by atoms with Crippen molar-refractivity contribution in [3.05, 3.63) is 108 Å². The maximum atomic E-state index is 12.9. The number of esters is 2. The third-order valence-electron chi connectivity index (χ3n) is 9.08. The fraction of sp³-hybridized carbons (Fsp3) is 0.391. The van der Waals surface area contributed by atoms with Gasteiger partial charge in [0.2, 0.25) is 0 Å². The molecule has 0 heterocycles. The Morgan fingerprint density at radius 1 is 0.481 bits per heavy atom. The molecule has 0 bridgehead atoms. The number of hydrogen-bond donors (Lipinski definition) is 0. The fourth-order valence-corrected chi connectivity index (χ4v) is 6.21. The van der Waals surface area contributed by atoms with Gasteiger partial charge in [0.15, 0.2) is 12.2 Å². The lowest BCUT2D eigenvalue weighted by atomic mass is 9.97. The van der Waals surface area contributed by atoms with Gasteiger partial charge in [0.05, 0.1) is 0 Å². The average molecular weight is 735 g/mol. The molecule has 0 aliphatic carbocycles. The van der Waals surface area contributed by atoms with Crippen LogP contribution in [0.5, 0.6) is 23.0 Å². The standard InChI is InChI=1S/C46H54O8/c1-5-7-11-21-43(47)53-37(29-49-35-17-13-9-14-18-35)31-51-45-39-25-23-34(4)28-42(39)46(40-26-24-33(3)27-41(40)45)52-32-38(54-44(48)22-12-8-6-2)30-50-36-19-15-10-16-20-36/h9-10,13-20,23-28,37-38H,5-8,11-12,21-22,29-32H2,1-4H3. The lowest BCUT2D eigenvalue weighted by molar-refractivity contribution is -0.153. The van der Waals surface area contributed by atoms with Crippen molar-refractivity contribution >= 4 is 33.5 Å². The molecule has 0 saturated heterocycles. The monoisotopic (exact) mass is 734 g/mol. The molecule has 54 heavy (non-hydrogen) atoms. The molecule has 0 aliphatic heterocycles. The van der Waals surface area contributed by atoms with E-state index in [0.29, 0.717) is 35.8 Å². The van der Waals surface area contributed by atoms with Crippen LogP contribution in [-0.2, 0) is 19.1 Å². The van der Waals surface area contributed by atoms with Gasteiger partial charge in [-0.05, 0) is 63.1 Å². The van der Waals surface area contributed by atoms with E-state index in [4.69, 9.17) is 28.4 Å². The third-order valence-corrected chi connectivity index (χ3v) is 9.08. The zero-order chi connectivity index (χ0) is 38.1. The maximum absolute atomic E-state index is 12.9. The minimum Gasteiger partial charge on any atom is -0.490 e. The van der Waals surface area contributed by atoms with Gasteiger partial charge in [-0.2, -0.15) is 0 Å². The molecule has 0 amide bonds. The van der Waals surface area contributed by atoms with E-state index in [1.807, 2.05) is 98.8 Å². The van der Waals surface area contributed by atoms with Crippen molar-refractivity contribution < 1.29 is 38.0 Å². The van der Waals surface area contributed by atoms with Gasteiger partial charge < -0.3 is 28.4 Å². The molecule has 2 unspecified atom stereocenters. The summed E-state index contributed by atoms with van der Waals surface area (Å²) in [6.45, 7) is 8.74. The summed E-state index contributed by atoms with van der Waals surface area (Å²) < 4.78 is 37.3. The lowest BCUT2D eigenvalue weighted by Crippen LogP contribution is -2.31. The zero-order valence-electron chi connectivity index (χ0n) is 32.1. The van der Waals surface area contributed by atoms with Crippen LogP contribution in [0.4, 0.5) is 0 Å². The van der Waals surface area contributed by atoms with Crippen LogP contribution in [0.1, 0.15) is 76.3 Å². The molecule has 5 aromatic carbocycles. The van der Waals surface area contributed by atoms with Crippen molar-refractivity contribution in [2.75, 3.05) is 26.4 Å². The summed E-state index contributed by atoms with van der Waals surface area (Å²) in [5, 5.41) is 3.40. The highest BCUT2D eigenvalue weighted by molar-refractivity contribution is 6.11. The van der Waals surface area contributed by atoms with E-state index in [9.17, 15) is 9.59 Å². The second-order valence-corrected chi connectivity index (χ2v) is 13.8. The van der Waals surface area contributed by atoms with Crippen molar-refractivity contribution in [1.82, 2.24) is 0 Å². The highest BCUT2D eigenvalue weighted by Gasteiger charge is 2.23. The molecule has 8 nitrogen and oxygen atoms in total. The van der Waals surface area contributed by atoms with Crippen LogP contribution in [0.2, 0.25) is 0 Å². The first-order valence-electron chi connectivity index (χ1n) is 19.3. The van der Waals surface area contributed by atoms with E-state index >= 15 is 0 Å². The van der Waals surface area contributed by atoms with E-state index in [1.165, 1.54) is 0 Å². The second kappa shape index (κ2) is 20.9. The SMILES string of the molecule is CCCCCC(=O)OC(COc1ccccc1)COc1c2ccc(C)cc2c(OCC(COc2ccccc2)OC(=O)CCCCC)c2ccc(C)cc12. The van der Waals surface area contributed by atoms with E-state index in [2.05, 4.69) is 26.0 Å². The molecule has 5 aromatic rings. The first-order valence-corrected chi connectivity index (χ1v) is 19.3. The highest BCUT2D eigenvalue weighted by atomic mass is 16.6. The Balaban J connectivity index is 1.44. The van der Waals surface area contributed by atoms with Crippen molar-refractivity contribution in [2.24, 2.45) is 0 Å². The zero-order valence-corrected chi connectivity index (χ0v) is 32.1. The van der Waals surface area contributed by atoms with Crippen molar-refractivity contribution in [3.63, 3.8) is 0 Å². The van der Waals surface area contributed by atoms with Gasteiger partial charge in [-0.3, -0.25) is 9.59 Å². The number of carbonyl (C=O) groups excluding carboxylic acids is 2. The molecule has 5 rings (SSSR count). The first-order chi connectivity index (χ1) is 26.3. The maximum Gasteiger partial charge on any atom is 0.306 e. The molecule has 0 radical (unpaired) electrons. The van der Waals surface area contributed by atoms with Crippen LogP contribution in [-0.4, -0.2) is 50.6 Å². The Hall–Kier alpha value is -5.24. The number of rotatable bonds is 22. The molecular weight excluding hydrogens is 680 g/mol. The highest BCUT2D eigenvalue weighted by Crippen LogP contribution is 2.44. The van der Waals surface area contributed by atoms with Gasteiger partial charge >= 0.3 is 11.9 Å². The minimum atomic E-state index is -0.645. The second-order valence-electron chi connectivity index (χ2n) is 13.8. The van der Waals surface area contributed by atoms with E-state index < -0.39 is 12.2 Å². The Kier molecular flexibility index (Phi) is 15.4. The summed E-state index contributed by atoms with van der Waals surface area (Å²) >= 11 is 0. The predicted molar refractivity (Wildman–Crippen MR) is 214 cm³/mol. The molecule has 0 aromatic heterocycles. The van der Waals surface area contributed by atoms with E-state index in [1.54, 1.807) is 0 Å². The van der Waals surface area contributed by atoms with Crippen LogP contribution in [0.25, 0.3) is 21.5 Å². The molecule has 0 fully saturated rings. The summed E-state index contributed by atoms with van der Waals surface area (Å²) in [4.78, 5) is 25.8. The Labute approximate surface area is 319 Å².